The van der Waals surface area contributed by atoms with Crippen molar-refractivity contribution < 1.29 is 14.9 Å². The Morgan fingerprint density at radius 1 is 1.39 bits per heavy atom. The predicted octanol–water partition coefficient (Wildman–Crippen LogP) is 2.32. The molecule has 4 heteroatoms. The monoisotopic (exact) mass is 251 g/mol. The number of benzene rings is 1. The van der Waals surface area contributed by atoms with E-state index in [2.05, 4.69) is 5.32 Å². The lowest BCUT2D eigenvalue weighted by Gasteiger charge is -2.41. The molecule has 1 atom stereocenters. The van der Waals surface area contributed by atoms with Crippen LogP contribution in [0.2, 0.25) is 0 Å². The number of hydrogen-bond acceptors (Lipinski definition) is 4. The maximum Gasteiger partial charge on any atom is 0.124 e. The summed E-state index contributed by atoms with van der Waals surface area (Å²) in [6.07, 6.45) is 3.39. The minimum Gasteiger partial charge on any atom is -0.508 e. The number of aromatic hydroxyl groups is 2. The molecular weight excluding hydrogens is 230 g/mol. The Morgan fingerprint density at radius 2 is 2.11 bits per heavy atom. The zero-order valence-electron chi connectivity index (χ0n) is 10.9. The van der Waals surface area contributed by atoms with Crippen molar-refractivity contribution >= 4 is 0 Å². The average Bonchev–Trinajstić information content (AvgIpc) is 2.27. The van der Waals surface area contributed by atoms with Crippen LogP contribution >= 0.6 is 0 Å². The van der Waals surface area contributed by atoms with Gasteiger partial charge in [-0.05, 0) is 32.3 Å². The van der Waals surface area contributed by atoms with Gasteiger partial charge in [-0.2, -0.15) is 0 Å². The molecule has 18 heavy (non-hydrogen) atoms. The molecule has 1 aromatic rings. The van der Waals surface area contributed by atoms with Gasteiger partial charge < -0.3 is 20.3 Å². The number of ether oxygens (including phenoxy) is 1. The maximum absolute atomic E-state index is 9.79. The van der Waals surface area contributed by atoms with Gasteiger partial charge >= 0.3 is 0 Å². The lowest BCUT2D eigenvalue weighted by Crippen LogP contribution is -2.48. The van der Waals surface area contributed by atoms with Crippen molar-refractivity contribution in [2.45, 2.75) is 37.8 Å². The van der Waals surface area contributed by atoms with Crippen molar-refractivity contribution in [3.63, 3.8) is 0 Å². The topological polar surface area (TPSA) is 61.7 Å². The average molecular weight is 251 g/mol. The maximum atomic E-state index is 9.79. The van der Waals surface area contributed by atoms with Crippen LogP contribution in [-0.2, 0) is 4.74 Å². The normalized spacial score (nSPS) is 19.2. The third-order valence-corrected chi connectivity index (χ3v) is 3.91. The molecule has 1 aromatic carbocycles. The summed E-state index contributed by atoms with van der Waals surface area (Å²) in [5.41, 5.74) is 0.763. The Labute approximate surface area is 108 Å². The van der Waals surface area contributed by atoms with Crippen LogP contribution in [0.4, 0.5) is 0 Å². The number of phenols is 2. The first-order valence-corrected chi connectivity index (χ1v) is 6.37. The van der Waals surface area contributed by atoms with Crippen molar-refractivity contribution in [2.75, 3.05) is 13.7 Å². The largest absolute Gasteiger partial charge is 0.508 e. The molecular formula is C14H21NO3. The number of methoxy groups -OCH3 is 1. The van der Waals surface area contributed by atoms with Crippen LogP contribution in [0.3, 0.4) is 0 Å². The highest BCUT2D eigenvalue weighted by molar-refractivity contribution is 5.40. The Morgan fingerprint density at radius 3 is 2.61 bits per heavy atom. The van der Waals surface area contributed by atoms with Crippen molar-refractivity contribution in [3.05, 3.63) is 23.8 Å². The van der Waals surface area contributed by atoms with E-state index in [1.165, 1.54) is 12.5 Å². The van der Waals surface area contributed by atoms with Crippen LogP contribution in [0.25, 0.3) is 0 Å². The molecule has 1 unspecified atom stereocenters. The van der Waals surface area contributed by atoms with Gasteiger partial charge in [-0.3, -0.25) is 0 Å². The molecule has 0 spiro atoms. The highest BCUT2D eigenvalue weighted by Crippen LogP contribution is 2.35. The molecule has 0 saturated heterocycles. The van der Waals surface area contributed by atoms with E-state index in [1.54, 1.807) is 19.2 Å². The molecule has 0 bridgehead atoms. The first-order chi connectivity index (χ1) is 8.56. The molecule has 0 aliphatic heterocycles. The van der Waals surface area contributed by atoms with E-state index in [9.17, 15) is 10.2 Å². The van der Waals surface area contributed by atoms with Gasteiger partial charge in [0, 0.05) is 31.3 Å². The highest BCUT2D eigenvalue weighted by Gasteiger charge is 2.36. The molecule has 1 aliphatic carbocycles. The molecule has 1 saturated carbocycles. The van der Waals surface area contributed by atoms with E-state index in [0.717, 1.165) is 24.9 Å². The Bertz CT molecular complexity index is 410. The number of hydrogen-bond donors (Lipinski definition) is 3. The fourth-order valence-corrected chi connectivity index (χ4v) is 2.37. The number of phenolic OH excluding ortho intramolecular Hbond substituents is 2. The second-order valence-electron chi connectivity index (χ2n) is 5.09. The summed E-state index contributed by atoms with van der Waals surface area (Å²) in [6.45, 7) is 2.78. The fraction of sp³-hybridized carbons (Fsp3) is 0.571. The third kappa shape index (κ3) is 2.60. The van der Waals surface area contributed by atoms with Crippen LogP contribution in [0.15, 0.2) is 18.2 Å². The standard InChI is InChI=1S/C14H21NO3/c1-10(12-5-4-11(16)8-13(12)17)15-9-14(18-2)6-3-7-14/h4-5,8,10,15-17H,3,6-7,9H2,1-2H3. The summed E-state index contributed by atoms with van der Waals surface area (Å²) in [5, 5.41) is 22.4. The first kappa shape index (κ1) is 13.2. The lowest BCUT2D eigenvalue weighted by atomic mass is 9.80. The molecule has 4 nitrogen and oxygen atoms in total. The van der Waals surface area contributed by atoms with Crippen molar-refractivity contribution in [1.82, 2.24) is 5.32 Å². The van der Waals surface area contributed by atoms with E-state index in [0.29, 0.717) is 0 Å². The zero-order chi connectivity index (χ0) is 13.2. The number of nitrogens with one attached hydrogen (secondary N) is 1. The molecule has 1 aliphatic rings. The third-order valence-electron chi connectivity index (χ3n) is 3.91. The van der Waals surface area contributed by atoms with Crippen LogP contribution in [0.1, 0.15) is 37.8 Å². The Hall–Kier alpha value is -1.26. The molecule has 100 valence electrons. The van der Waals surface area contributed by atoms with Gasteiger partial charge in [0.05, 0.1) is 5.60 Å². The van der Waals surface area contributed by atoms with E-state index >= 15 is 0 Å². The van der Waals surface area contributed by atoms with Gasteiger partial charge in [-0.25, -0.2) is 0 Å². The zero-order valence-corrected chi connectivity index (χ0v) is 10.9. The quantitative estimate of drug-likeness (QED) is 0.751. The Balaban J connectivity index is 1.97. The summed E-state index contributed by atoms with van der Waals surface area (Å²) in [7, 11) is 1.75. The van der Waals surface area contributed by atoms with Crippen LogP contribution in [-0.4, -0.2) is 29.5 Å². The summed E-state index contributed by atoms with van der Waals surface area (Å²) in [4.78, 5) is 0. The SMILES string of the molecule is COC1(CNC(C)c2ccc(O)cc2O)CCC1. The molecule has 3 N–H and O–H groups in total. The van der Waals surface area contributed by atoms with Crippen LogP contribution in [0, 0.1) is 0 Å². The lowest BCUT2D eigenvalue weighted by molar-refractivity contribution is -0.0706. The first-order valence-electron chi connectivity index (χ1n) is 6.37. The van der Waals surface area contributed by atoms with Crippen LogP contribution in [0.5, 0.6) is 11.5 Å². The fourth-order valence-electron chi connectivity index (χ4n) is 2.37. The minimum atomic E-state index is -0.0270. The summed E-state index contributed by atoms with van der Waals surface area (Å²) in [5.74, 6) is 0.200. The van der Waals surface area contributed by atoms with Crippen molar-refractivity contribution in [3.8, 4) is 11.5 Å². The summed E-state index contributed by atoms with van der Waals surface area (Å²) < 4.78 is 5.54. The van der Waals surface area contributed by atoms with E-state index in [1.807, 2.05) is 6.92 Å². The highest BCUT2D eigenvalue weighted by atomic mass is 16.5. The Kier molecular flexibility index (Phi) is 3.78. The molecule has 0 amide bonds. The van der Waals surface area contributed by atoms with E-state index in [4.69, 9.17) is 4.74 Å². The second kappa shape index (κ2) is 5.16. The van der Waals surface area contributed by atoms with Crippen molar-refractivity contribution in [1.29, 1.82) is 0 Å². The van der Waals surface area contributed by atoms with Gasteiger partial charge in [0.15, 0.2) is 0 Å². The molecule has 0 heterocycles. The van der Waals surface area contributed by atoms with Crippen LogP contribution < -0.4 is 5.32 Å². The minimum absolute atomic E-state index is 0.0261. The summed E-state index contributed by atoms with van der Waals surface area (Å²) in [6, 6.07) is 4.71. The van der Waals surface area contributed by atoms with Gasteiger partial charge in [0.2, 0.25) is 0 Å². The predicted molar refractivity (Wildman–Crippen MR) is 69.8 cm³/mol. The van der Waals surface area contributed by atoms with Gasteiger partial charge in [0.1, 0.15) is 11.5 Å². The molecule has 1 fully saturated rings. The smallest absolute Gasteiger partial charge is 0.124 e. The van der Waals surface area contributed by atoms with Gasteiger partial charge in [-0.1, -0.05) is 6.07 Å². The molecule has 0 aromatic heterocycles. The summed E-state index contributed by atoms with van der Waals surface area (Å²) >= 11 is 0. The second-order valence-corrected chi connectivity index (χ2v) is 5.09. The van der Waals surface area contributed by atoms with E-state index in [-0.39, 0.29) is 23.1 Å². The van der Waals surface area contributed by atoms with Crippen molar-refractivity contribution in [2.24, 2.45) is 0 Å². The number of rotatable bonds is 5. The van der Waals surface area contributed by atoms with Gasteiger partial charge in [-0.15, -0.1) is 0 Å². The van der Waals surface area contributed by atoms with E-state index < -0.39 is 0 Å². The van der Waals surface area contributed by atoms with Gasteiger partial charge in [0.25, 0.3) is 0 Å². The molecule has 0 radical (unpaired) electrons. The molecule has 2 rings (SSSR count).